The van der Waals surface area contributed by atoms with Gasteiger partial charge in [-0.1, -0.05) is 121 Å². The molecule has 1 aliphatic heterocycles. The van der Waals surface area contributed by atoms with Crippen molar-refractivity contribution in [3.8, 4) is 62.6 Å². The fourth-order valence-electron chi connectivity index (χ4n) is 6.86. The van der Waals surface area contributed by atoms with Crippen LogP contribution in [-0.4, -0.2) is 14.5 Å². The molecule has 230 valence electrons. The van der Waals surface area contributed by atoms with Crippen LogP contribution in [0.25, 0.3) is 72.2 Å². The average Bonchev–Trinajstić information content (AvgIpc) is 3.50. The van der Waals surface area contributed by atoms with Gasteiger partial charge in [-0.15, -0.1) is 0 Å². The lowest BCUT2D eigenvalue weighted by molar-refractivity contribution is 0.360. The van der Waals surface area contributed by atoms with Crippen LogP contribution in [0.15, 0.2) is 164 Å². The van der Waals surface area contributed by atoms with Gasteiger partial charge in [-0.25, -0.2) is 9.97 Å². The van der Waals surface area contributed by atoms with E-state index in [1.807, 2.05) is 66.7 Å². The van der Waals surface area contributed by atoms with E-state index in [-0.39, 0.29) is 0 Å². The van der Waals surface area contributed by atoms with Crippen LogP contribution in [-0.2, 0) is 0 Å². The normalized spacial score (nSPS) is 12.0. The van der Waals surface area contributed by atoms with E-state index >= 15 is 0 Å². The van der Waals surface area contributed by atoms with Crippen LogP contribution >= 0.6 is 0 Å². The monoisotopic (exact) mass is 629 g/mol. The third-order valence-electron chi connectivity index (χ3n) is 9.26. The highest BCUT2D eigenvalue weighted by molar-refractivity contribution is 6.10. The molecule has 0 atom stereocenters. The molecule has 0 amide bonds. The second kappa shape index (κ2) is 10.9. The standard InChI is InChI=1S/C44H27N3O2/c1-3-11-28(12-4-1)36-27-37(29-13-5-2-6-14-29)46-44(45-36)47-38-18-10-9-17-34(38)35-21-19-32(23-39(35)47)33-20-22-40-41(26-33)49-43-25-31-16-8-7-15-30(31)24-42(43)48-40/h1-27H. The molecule has 0 N–H and O–H groups in total. The van der Waals surface area contributed by atoms with E-state index in [9.17, 15) is 0 Å². The van der Waals surface area contributed by atoms with Gasteiger partial charge in [0.1, 0.15) is 0 Å². The average molecular weight is 630 g/mol. The fraction of sp³-hybridized carbons (Fsp3) is 0. The zero-order valence-corrected chi connectivity index (χ0v) is 26.2. The van der Waals surface area contributed by atoms with Crippen molar-refractivity contribution in [2.24, 2.45) is 0 Å². The first-order chi connectivity index (χ1) is 24.2. The summed E-state index contributed by atoms with van der Waals surface area (Å²) < 4.78 is 14.9. The molecule has 3 heterocycles. The Kier molecular flexibility index (Phi) is 6.11. The number of fused-ring (bicyclic) bond motifs is 6. The molecular formula is C44H27N3O2. The highest BCUT2D eigenvalue weighted by Gasteiger charge is 2.22. The predicted molar refractivity (Wildman–Crippen MR) is 197 cm³/mol. The van der Waals surface area contributed by atoms with Crippen LogP contribution in [0, 0.1) is 0 Å². The van der Waals surface area contributed by atoms with Crippen molar-refractivity contribution in [3.05, 3.63) is 164 Å². The smallest absolute Gasteiger partial charge is 0.235 e. The van der Waals surface area contributed by atoms with Gasteiger partial charge in [0, 0.05) is 21.9 Å². The molecule has 0 aliphatic carbocycles. The Bertz CT molecular complexity index is 2660. The Morgan fingerprint density at radius 1 is 0.367 bits per heavy atom. The Labute approximate surface area is 282 Å². The Hall–Kier alpha value is -6.72. The lowest BCUT2D eigenvalue weighted by atomic mass is 10.0. The molecule has 7 aromatic carbocycles. The van der Waals surface area contributed by atoms with Gasteiger partial charge in [0.2, 0.25) is 5.95 Å². The summed E-state index contributed by atoms with van der Waals surface area (Å²) in [6, 6.07) is 56.1. The number of aromatic nitrogens is 3. The summed E-state index contributed by atoms with van der Waals surface area (Å²) in [5.41, 5.74) is 7.95. The minimum absolute atomic E-state index is 0.620. The maximum absolute atomic E-state index is 6.44. The Morgan fingerprint density at radius 2 is 0.898 bits per heavy atom. The number of rotatable bonds is 4. The molecule has 0 fully saturated rings. The molecular weight excluding hydrogens is 603 g/mol. The van der Waals surface area contributed by atoms with E-state index < -0.39 is 0 Å². The molecule has 0 spiro atoms. The molecule has 1 aliphatic rings. The van der Waals surface area contributed by atoms with Crippen molar-refractivity contribution in [1.82, 2.24) is 14.5 Å². The van der Waals surface area contributed by atoms with Gasteiger partial charge in [-0.2, -0.15) is 0 Å². The molecule has 49 heavy (non-hydrogen) atoms. The maximum Gasteiger partial charge on any atom is 0.235 e. The third-order valence-corrected chi connectivity index (χ3v) is 9.26. The second-order valence-electron chi connectivity index (χ2n) is 12.3. The Balaban J connectivity index is 1.13. The zero-order chi connectivity index (χ0) is 32.3. The van der Waals surface area contributed by atoms with Crippen molar-refractivity contribution in [3.63, 3.8) is 0 Å². The molecule has 5 heteroatoms. The summed E-state index contributed by atoms with van der Waals surface area (Å²) in [6.07, 6.45) is 0. The first kappa shape index (κ1) is 27.4. The van der Waals surface area contributed by atoms with E-state index in [0.29, 0.717) is 23.2 Å². The summed E-state index contributed by atoms with van der Waals surface area (Å²) in [5, 5.41) is 4.50. The second-order valence-corrected chi connectivity index (χ2v) is 12.3. The molecule has 10 rings (SSSR count). The van der Waals surface area contributed by atoms with Crippen LogP contribution in [0.4, 0.5) is 0 Å². The van der Waals surface area contributed by atoms with Crippen LogP contribution in [0.3, 0.4) is 0 Å². The van der Waals surface area contributed by atoms with Crippen molar-refractivity contribution >= 4 is 32.6 Å². The number of hydrogen-bond acceptors (Lipinski definition) is 4. The first-order valence-electron chi connectivity index (χ1n) is 16.3. The minimum Gasteiger partial charge on any atom is -0.449 e. The largest absolute Gasteiger partial charge is 0.449 e. The van der Waals surface area contributed by atoms with Crippen molar-refractivity contribution in [2.45, 2.75) is 0 Å². The van der Waals surface area contributed by atoms with Crippen LogP contribution in [0.2, 0.25) is 0 Å². The van der Waals surface area contributed by atoms with Gasteiger partial charge in [0.25, 0.3) is 0 Å². The summed E-state index contributed by atoms with van der Waals surface area (Å²) in [6.45, 7) is 0. The molecule has 0 saturated carbocycles. The van der Waals surface area contributed by atoms with Gasteiger partial charge in [0.15, 0.2) is 23.0 Å². The first-order valence-corrected chi connectivity index (χ1v) is 16.3. The molecule has 5 nitrogen and oxygen atoms in total. The number of ether oxygens (including phenoxy) is 2. The molecule has 0 saturated heterocycles. The Morgan fingerprint density at radius 3 is 1.59 bits per heavy atom. The topological polar surface area (TPSA) is 49.2 Å². The van der Waals surface area contributed by atoms with Crippen LogP contribution < -0.4 is 9.47 Å². The van der Waals surface area contributed by atoms with E-state index in [4.69, 9.17) is 19.4 Å². The number of nitrogens with zero attached hydrogens (tertiary/aromatic N) is 3. The quantitative estimate of drug-likeness (QED) is 0.194. The molecule has 0 unspecified atom stereocenters. The van der Waals surface area contributed by atoms with Crippen molar-refractivity contribution in [2.75, 3.05) is 0 Å². The van der Waals surface area contributed by atoms with E-state index in [2.05, 4.69) is 102 Å². The lowest BCUT2D eigenvalue weighted by Gasteiger charge is -2.22. The van der Waals surface area contributed by atoms with E-state index in [1.165, 1.54) is 0 Å². The minimum atomic E-state index is 0.620. The molecule has 0 radical (unpaired) electrons. The molecule has 2 aromatic heterocycles. The molecule has 9 aromatic rings. The van der Waals surface area contributed by atoms with Crippen LogP contribution in [0.1, 0.15) is 0 Å². The van der Waals surface area contributed by atoms with Gasteiger partial charge in [-0.05, 0) is 64.4 Å². The lowest BCUT2D eigenvalue weighted by Crippen LogP contribution is -2.04. The third kappa shape index (κ3) is 4.63. The van der Waals surface area contributed by atoms with Gasteiger partial charge in [0.05, 0.1) is 22.4 Å². The van der Waals surface area contributed by atoms with Crippen molar-refractivity contribution in [1.29, 1.82) is 0 Å². The summed E-state index contributed by atoms with van der Waals surface area (Å²) >= 11 is 0. The summed E-state index contributed by atoms with van der Waals surface area (Å²) in [4.78, 5) is 10.4. The van der Waals surface area contributed by atoms with E-state index in [0.717, 1.165) is 72.0 Å². The number of para-hydroxylation sites is 1. The zero-order valence-electron chi connectivity index (χ0n) is 26.2. The summed E-state index contributed by atoms with van der Waals surface area (Å²) in [5.74, 6) is 3.43. The van der Waals surface area contributed by atoms with Gasteiger partial charge in [-0.3, -0.25) is 4.57 Å². The van der Waals surface area contributed by atoms with Gasteiger partial charge >= 0.3 is 0 Å². The highest BCUT2D eigenvalue weighted by Crippen LogP contribution is 2.48. The fourth-order valence-corrected chi connectivity index (χ4v) is 6.86. The predicted octanol–water partition coefficient (Wildman–Crippen LogP) is 11.6. The van der Waals surface area contributed by atoms with Crippen molar-refractivity contribution < 1.29 is 9.47 Å². The highest BCUT2D eigenvalue weighted by atomic mass is 16.6. The van der Waals surface area contributed by atoms with Gasteiger partial charge < -0.3 is 9.47 Å². The maximum atomic E-state index is 6.44. The number of benzene rings is 7. The summed E-state index contributed by atoms with van der Waals surface area (Å²) in [7, 11) is 0. The number of hydrogen-bond donors (Lipinski definition) is 0. The SMILES string of the molecule is c1ccc(-c2cc(-c3ccccc3)nc(-n3c4ccccc4c4ccc(-c5ccc6c(c5)Oc5cc7ccccc7cc5O6)cc43)n2)cc1. The molecule has 0 bridgehead atoms. The van der Waals surface area contributed by atoms with Crippen LogP contribution in [0.5, 0.6) is 23.0 Å². The van der Waals surface area contributed by atoms with E-state index in [1.54, 1.807) is 0 Å².